The largest absolute Gasteiger partial charge is 0.485 e. The van der Waals surface area contributed by atoms with Gasteiger partial charge in [-0.3, -0.25) is 0 Å². The number of halogens is 1. The molecule has 1 atom stereocenters. The summed E-state index contributed by atoms with van der Waals surface area (Å²) in [5, 5.41) is 3.65. The van der Waals surface area contributed by atoms with Crippen LogP contribution in [0.1, 0.15) is 23.2 Å². The Kier molecular flexibility index (Phi) is 4.80. The molecule has 1 aromatic carbocycles. The molecule has 0 aliphatic heterocycles. The van der Waals surface area contributed by atoms with Gasteiger partial charge in [-0.1, -0.05) is 23.7 Å². The van der Waals surface area contributed by atoms with Crippen LogP contribution in [0.15, 0.2) is 23.6 Å². The average Bonchev–Trinajstić information content (AvgIpc) is 2.73. The summed E-state index contributed by atoms with van der Waals surface area (Å²) in [6.45, 7) is 4.37. The van der Waals surface area contributed by atoms with Crippen molar-refractivity contribution in [2.75, 3.05) is 0 Å². The van der Waals surface area contributed by atoms with Gasteiger partial charge in [0.2, 0.25) is 0 Å². The molecule has 102 valence electrons. The Balaban J connectivity index is 2.14. The number of nitrogens with zero attached hydrogens (tertiary/aromatic N) is 1. The fourth-order valence-corrected chi connectivity index (χ4v) is 2.69. The van der Waals surface area contributed by atoms with Gasteiger partial charge in [0.1, 0.15) is 12.4 Å². The van der Waals surface area contributed by atoms with Gasteiger partial charge in [0, 0.05) is 11.4 Å². The summed E-state index contributed by atoms with van der Waals surface area (Å²) in [5.74, 6) is 0.715. The van der Waals surface area contributed by atoms with Crippen molar-refractivity contribution >= 4 is 22.9 Å². The first-order valence-electron chi connectivity index (χ1n) is 6.13. The standard InChI is InChI=1S/C14H17ClN2OS/c1-9(16)6-11-4-3-5-13(15)14(11)18-7-12-8-19-10(2)17-12/h3-5,8-9H,6-7,16H2,1-2H3. The third-order valence-electron chi connectivity index (χ3n) is 2.62. The van der Waals surface area contributed by atoms with Gasteiger partial charge in [-0.15, -0.1) is 11.3 Å². The lowest BCUT2D eigenvalue weighted by Gasteiger charge is -2.13. The van der Waals surface area contributed by atoms with Gasteiger partial charge in [0.05, 0.1) is 15.7 Å². The predicted molar refractivity (Wildman–Crippen MR) is 80.0 cm³/mol. The molecule has 1 unspecified atom stereocenters. The Morgan fingerprint density at radius 3 is 2.89 bits per heavy atom. The minimum atomic E-state index is 0.0716. The number of nitrogens with two attached hydrogens (primary N) is 1. The number of hydrogen-bond acceptors (Lipinski definition) is 4. The Morgan fingerprint density at radius 2 is 2.26 bits per heavy atom. The van der Waals surface area contributed by atoms with E-state index in [1.807, 2.05) is 37.4 Å². The minimum Gasteiger partial charge on any atom is -0.485 e. The molecule has 0 amide bonds. The highest BCUT2D eigenvalue weighted by atomic mass is 35.5. The topological polar surface area (TPSA) is 48.1 Å². The monoisotopic (exact) mass is 296 g/mol. The first-order valence-corrected chi connectivity index (χ1v) is 7.39. The summed E-state index contributed by atoms with van der Waals surface area (Å²) in [4.78, 5) is 4.37. The second-order valence-corrected chi connectivity index (χ2v) is 6.03. The zero-order chi connectivity index (χ0) is 13.8. The smallest absolute Gasteiger partial charge is 0.141 e. The normalized spacial score (nSPS) is 12.4. The first-order chi connectivity index (χ1) is 9.06. The lowest BCUT2D eigenvalue weighted by atomic mass is 10.1. The molecule has 0 spiro atoms. The summed E-state index contributed by atoms with van der Waals surface area (Å²) in [6, 6.07) is 5.81. The van der Waals surface area contributed by atoms with E-state index < -0.39 is 0 Å². The second-order valence-electron chi connectivity index (χ2n) is 4.56. The number of rotatable bonds is 5. The van der Waals surface area contributed by atoms with E-state index >= 15 is 0 Å². The molecule has 0 radical (unpaired) electrons. The van der Waals surface area contributed by atoms with Crippen LogP contribution in [0.5, 0.6) is 5.75 Å². The maximum absolute atomic E-state index is 6.20. The summed E-state index contributed by atoms with van der Waals surface area (Å²) in [7, 11) is 0. The number of thiazole rings is 1. The van der Waals surface area contributed by atoms with Crippen LogP contribution in [-0.4, -0.2) is 11.0 Å². The Labute approximate surface area is 122 Å². The number of aryl methyl sites for hydroxylation is 1. The molecular weight excluding hydrogens is 280 g/mol. The van der Waals surface area contributed by atoms with E-state index in [-0.39, 0.29) is 6.04 Å². The third kappa shape index (κ3) is 3.93. The summed E-state index contributed by atoms with van der Waals surface area (Å²) in [6.07, 6.45) is 0.742. The van der Waals surface area contributed by atoms with Crippen molar-refractivity contribution in [1.29, 1.82) is 0 Å². The van der Waals surface area contributed by atoms with Crippen LogP contribution < -0.4 is 10.5 Å². The third-order valence-corrected chi connectivity index (χ3v) is 3.74. The Morgan fingerprint density at radius 1 is 1.47 bits per heavy atom. The van der Waals surface area contributed by atoms with Gasteiger partial charge in [-0.2, -0.15) is 0 Å². The zero-order valence-corrected chi connectivity index (χ0v) is 12.6. The highest BCUT2D eigenvalue weighted by Crippen LogP contribution is 2.30. The van der Waals surface area contributed by atoms with Gasteiger partial charge in [0.25, 0.3) is 0 Å². The predicted octanol–water partition coefficient (Wildman–Crippen LogP) is 3.57. The minimum absolute atomic E-state index is 0.0716. The SMILES string of the molecule is Cc1nc(COc2c(Cl)cccc2CC(C)N)cs1. The maximum atomic E-state index is 6.20. The molecule has 2 aromatic rings. The molecule has 19 heavy (non-hydrogen) atoms. The highest BCUT2D eigenvalue weighted by Gasteiger charge is 2.11. The first kappa shape index (κ1) is 14.3. The molecule has 5 heteroatoms. The molecule has 0 saturated carbocycles. The zero-order valence-electron chi connectivity index (χ0n) is 11.0. The van der Waals surface area contributed by atoms with E-state index in [2.05, 4.69) is 4.98 Å². The molecule has 0 bridgehead atoms. The molecule has 0 saturated heterocycles. The van der Waals surface area contributed by atoms with Crippen LogP contribution in [0, 0.1) is 6.92 Å². The average molecular weight is 297 g/mol. The Hall–Kier alpha value is -1.10. The molecule has 0 aliphatic rings. The fourth-order valence-electron chi connectivity index (χ4n) is 1.84. The molecule has 0 fully saturated rings. The molecular formula is C14H17ClN2OS. The Bertz CT molecular complexity index is 554. The van der Waals surface area contributed by atoms with Crippen molar-refractivity contribution in [3.05, 3.63) is 44.9 Å². The lowest BCUT2D eigenvalue weighted by Crippen LogP contribution is -2.18. The van der Waals surface area contributed by atoms with Crippen LogP contribution in [0.3, 0.4) is 0 Å². The molecule has 0 aliphatic carbocycles. The van der Waals surface area contributed by atoms with Crippen LogP contribution in [0.25, 0.3) is 0 Å². The van der Waals surface area contributed by atoms with E-state index in [9.17, 15) is 0 Å². The molecule has 2 rings (SSSR count). The number of benzene rings is 1. The molecule has 2 N–H and O–H groups in total. The molecule has 1 heterocycles. The van der Waals surface area contributed by atoms with Gasteiger partial charge < -0.3 is 10.5 Å². The second kappa shape index (κ2) is 6.37. The quantitative estimate of drug-likeness (QED) is 0.917. The van der Waals surface area contributed by atoms with Gasteiger partial charge in [-0.05, 0) is 31.9 Å². The summed E-state index contributed by atoms with van der Waals surface area (Å²) in [5.41, 5.74) is 7.81. The molecule has 3 nitrogen and oxygen atoms in total. The number of hydrogen-bond donors (Lipinski definition) is 1. The summed E-state index contributed by atoms with van der Waals surface area (Å²) < 4.78 is 5.82. The van der Waals surface area contributed by atoms with Crippen LogP contribution >= 0.6 is 22.9 Å². The molecule has 1 aromatic heterocycles. The van der Waals surface area contributed by atoms with Gasteiger partial charge in [-0.25, -0.2) is 4.98 Å². The van der Waals surface area contributed by atoms with Crippen molar-refractivity contribution in [1.82, 2.24) is 4.98 Å². The van der Waals surface area contributed by atoms with Crippen molar-refractivity contribution in [2.45, 2.75) is 32.9 Å². The van der Waals surface area contributed by atoms with Crippen molar-refractivity contribution < 1.29 is 4.74 Å². The summed E-state index contributed by atoms with van der Waals surface area (Å²) >= 11 is 7.82. The van der Waals surface area contributed by atoms with Gasteiger partial charge in [0.15, 0.2) is 0 Å². The van der Waals surface area contributed by atoms with E-state index in [0.29, 0.717) is 17.4 Å². The van der Waals surface area contributed by atoms with Crippen molar-refractivity contribution in [3.63, 3.8) is 0 Å². The van der Waals surface area contributed by atoms with Crippen molar-refractivity contribution in [3.8, 4) is 5.75 Å². The van der Waals surface area contributed by atoms with Crippen LogP contribution in [0.2, 0.25) is 5.02 Å². The van der Waals surface area contributed by atoms with E-state index in [4.69, 9.17) is 22.1 Å². The highest BCUT2D eigenvalue weighted by molar-refractivity contribution is 7.09. The number of para-hydroxylation sites is 1. The van der Waals surface area contributed by atoms with E-state index in [1.54, 1.807) is 11.3 Å². The lowest BCUT2D eigenvalue weighted by molar-refractivity contribution is 0.298. The van der Waals surface area contributed by atoms with Crippen molar-refractivity contribution in [2.24, 2.45) is 5.73 Å². The van der Waals surface area contributed by atoms with Crippen LogP contribution in [0.4, 0.5) is 0 Å². The van der Waals surface area contributed by atoms with Gasteiger partial charge >= 0.3 is 0 Å². The number of aromatic nitrogens is 1. The van der Waals surface area contributed by atoms with E-state index in [1.165, 1.54) is 0 Å². The van der Waals surface area contributed by atoms with Crippen LogP contribution in [-0.2, 0) is 13.0 Å². The van der Waals surface area contributed by atoms with E-state index in [0.717, 1.165) is 22.7 Å². The fraction of sp³-hybridized carbons (Fsp3) is 0.357. The maximum Gasteiger partial charge on any atom is 0.141 e. The number of ether oxygens (including phenoxy) is 1.